The van der Waals surface area contributed by atoms with Crippen molar-refractivity contribution in [2.75, 3.05) is 0 Å². The van der Waals surface area contributed by atoms with Gasteiger partial charge in [0, 0.05) is 14.0 Å². The number of hydrazine groups is 1. The monoisotopic (exact) mass is 340 g/mol. The number of benzene rings is 1. The molecule has 14 heavy (non-hydrogen) atoms. The number of nitrogens with two attached hydrogens (primary N) is 2. The van der Waals surface area contributed by atoms with E-state index in [1.807, 2.05) is 0 Å². The largest absolute Gasteiger partial charge is 0.369 e. The lowest BCUT2D eigenvalue weighted by molar-refractivity contribution is 1.01. The number of nitrogens with zero attached hydrogens (tertiary/aromatic N) is 1. The van der Waals surface area contributed by atoms with Crippen molar-refractivity contribution < 1.29 is 0 Å². The topological polar surface area (TPSA) is 76.4 Å². The zero-order valence-corrected chi connectivity index (χ0v) is 10.8. The van der Waals surface area contributed by atoms with Crippen LogP contribution in [0, 0.1) is 0 Å². The minimum absolute atomic E-state index is 0.119. The fraction of sp³-hybridized carbons (Fsp3) is 0. The maximum Gasteiger partial charge on any atom is 0.208 e. The molecule has 0 radical (unpaired) electrons. The maximum atomic E-state index is 5.81. The number of nitrogens with one attached hydrogen (secondary N) is 1. The van der Waals surface area contributed by atoms with Crippen molar-refractivity contribution in [1.29, 1.82) is 0 Å². The quantitative estimate of drug-likeness (QED) is 0.317. The fourth-order valence-corrected chi connectivity index (χ4v) is 2.64. The van der Waals surface area contributed by atoms with Crippen LogP contribution < -0.4 is 17.0 Å². The number of aliphatic imine (C=N–C) groups is 1. The number of halogens is 3. The number of hydrogen-bond acceptors (Lipinski definition) is 2. The van der Waals surface area contributed by atoms with Crippen LogP contribution in [0.4, 0.5) is 5.69 Å². The van der Waals surface area contributed by atoms with Crippen LogP contribution in [0.1, 0.15) is 0 Å². The van der Waals surface area contributed by atoms with Crippen molar-refractivity contribution in [3.63, 3.8) is 0 Å². The highest BCUT2D eigenvalue weighted by Gasteiger charge is 2.06. The summed E-state index contributed by atoms with van der Waals surface area (Å²) in [6.45, 7) is 0. The lowest BCUT2D eigenvalue weighted by Gasteiger charge is -2.04. The molecule has 1 rings (SSSR count). The van der Waals surface area contributed by atoms with Crippen LogP contribution in [0.3, 0.4) is 0 Å². The van der Waals surface area contributed by atoms with E-state index < -0.39 is 0 Å². The summed E-state index contributed by atoms with van der Waals surface area (Å²) < 4.78 is 1.46. The summed E-state index contributed by atoms with van der Waals surface area (Å²) in [6, 6.07) is 3.43. The minimum atomic E-state index is 0.119. The van der Waals surface area contributed by atoms with E-state index in [0.29, 0.717) is 10.7 Å². The van der Waals surface area contributed by atoms with Gasteiger partial charge < -0.3 is 5.73 Å². The molecule has 1 aromatic rings. The van der Waals surface area contributed by atoms with Crippen LogP contribution in [-0.2, 0) is 0 Å². The summed E-state index contributed by atoms with van der Waals surface area (Å²) >= 11 is 12.4. The molecular formula is C7H7Br2ClN4. The van der Waals surface area contributed by atoms with Crippen LogP contribution in [0.2, 0.25) is 5.02 Å². The van der Waals surface area contributed by atoms with Gasteiger partial charge in [-0.3, -0.25) is 5.43 Å². The van der Waals surface area contributed by atoms with Crippen molar-refractivity contribution in [1.82, 2.24) is 5.43 Å². The Morgan fingerprint density at radius 1 is 1.36 bits per heavy atom. The van der Waals surface area contributed by atoms with Gasteiger partial charge in [0.15, 0.2) is 0 Å². The molecule has 5 N–H and O–H groups in total. The van der Waals surface area contributed by atoms with E-state index in [4.69, 9.17) is 23.2 Å². The molecular weight excluding hydrogens is 335 g/mol. The van der Waals surface area contributed by atoms with E-state index in [9.17, 15) is 0 Å². The Labute approximate surface area is 103 Å². The molecule has 0 unspecified atom stereocenters. The van der Waals surface area contributed by atoms with Gasteiger partial charge >= 0.3 is 0 Å². The Hall–Kier alpha value is -0.300. The van der Waals surface area contributed by atoms with Crippen molar-refractivity contribution in [3.05, 3.63) is 26.1 Å². The van der Waals surface area contributed by atoms with Gasteiger partial charge in [0.1, 0.15) is 0 Å². The average molecular weight is 342 g/mol. The van der Waals surface area contributed by atoms with E-state index in [0.717, 1.165) is 8.95 Å². The van der Waals surface area contributed by atoms with Gasteiger partial charge in [-0.25, -0.2) is 10.8 Å². The molecule has 0 amide bonds. The normalized spacial score (nSPS) is 11.6. The third-order valence-electron chi connectivity index (χ3n) is 1.36. The summed E-state index contributed by atoms with van der Waals surface area (Å²) in [5, 5.41) is 0.599. The summed E-state index contributed by atoms with van der Waals surface area (Å²) in [7, 11) is 0. The second-order valence-electron chi connectivity index (χ2n) is 2.36. The lowest BCUT2D eigenvalue weighted by atomic mass is 10.3. The molecule has 1 aromatic carbocycles. The van der Waals surface area contributed by atoms with Crippen LogP contribution in [0.15, 0.2) is 26.1 Å². The smallest absolute Gasteiger partial charge is 0.208 e. The SMILES string of the molecule is NNC(N)=Nc1c(Br)cc(Cl)cc1Br. The van der Waals surface area contributed by atoms with Gasteiger partial charge in [-0.2, -0.15) is 0 Å². The highest BCUT2D eigenvalue weighted by atomic mass is 79.9. The Kier molecular flexibility index (Phi) is 4.18. The summed E-state index contributed by atoms with van der Waals surface area (Å²) in [4.78, 5) is 4.02. The number of hydrogen-bond donors (Lipinski definition) is 3. The molecule has 0 aliphatic rings. The predicted molar refractivity (Wildman–Crippen MR) is 65.5 cm³/mol. The molecule has 0 spiro atoms. The Morgan fingerprint density at radius 2 is 1.86 bits per heavy atom. The first-order valence-corrected chi connectivity index (χ1v) is 5.46. The second kappa shape index (κ2) is 4.97. The molecule has 0 fully saturated rings. The molecule has 7 heteroatoms. The molecule has 76 valence electrons. The van der Waals surface area contributed by atoms with E-state index in [-0.39, 0.29) is 5.96 Å². The van der Waals surface area contributed by atoms with E-state index >= 15 is 0 Å². The van der Waals surface area contributed by atoms with E-state index in [1.54, 1.807) is 12.1 Å². The lowest BCUT2D eigenvalue weighted by Crippen LogP contribution is -2.36. The number of rotatable bonds is 1. The van der Waals surface area contributed by atoms with Gasteiger partial charge in [0.05, 0.1) is 5.69 Å². The second-order valence-corrected chi connectivity index (χ2v) is 4.50. The first-order valence-electron chi connectivity index (χ1n) is 3.50. The first-order chi connectivity index (χ1) is 6.54. The molecule has 0 heterocycles. The van der Waals surface area contributed by atoms with Crippen molar-refractivity contribution >= 4 is 55.1 Å². The maximum absolute atomic E-state index is 5.81. The summed E-state index contributed by atoms with van der Waals surface area (Å²) in [6.07, 6.45) is 0. The Morgan fingerprint density at radius 3 is 2.29 bits per heavy atom. The van der Waals surface area contributed by atoms with Crippen molar-refractivity contribution in [2.45, 2.75) is 0 Å². The molecule has 0 saturated heterocycles. The zero-order valence-electron chi connectivity index (χ0n) is 6.89. The van der Waals surface area contributed by atoms with Crippen LogP contribution in [0.25, 0.3) is 0 Å². The average Bonchev–Trinajstić information content (AvgIpc) is 2.10. The van der Waals surface area contributed by atoms with Crippen LogP contribution >= 0.6 is 43.5 Å². The fourth-order valence-electron chi connectivity index (χ4n) is 0.794. The molecule has 0 aliphatic carbocycles. The van der Waals surface area contributed by atoms with Crippen LogP contribution in [0.5, 0.6) is 0 Å². The van der Waals surface area contributed by atoms with E-state index in [1.165, 1.54) is 0 Å². The highest BCUT2D eigenvalue weighted by molar-refractivity contribution is 9.11. The highest BCUT2D eigenvalue weighted by Crippen LogP contribution is 2.36. The van der Waals surface area contributed by atoms with Crippen molar-refractivity contribution in [2.24, 2.45) is 16.6 Å². The van der Waals surface area contributed by atoms with Crippen molar-refractivity contribution in [3.8, 4) is 0 Å². The molecule has 0 atom stereocenters. The summed E-state index contributed by atoms with van der Waals surface area (Å²) in [5.41, 5.74) is 8.29. The zero-order chi connectivity index (χ0) is 10.7. The molecule has 0 aliphatic heterocycles. The third-order valence-corrected chi connectivity index (χ3v) is 2.79. The van der Waals surface area contributed by atoms with Gasteiger partial charge in [0.2, 0.25) is 5.96 Å². The van der Waals surface area contributed by atoms with Gasteiger partial charge in [-0.15, -0.1) is 0 Å². The van der Waals surface area contributed by atoms with Gasteiger partial charge in [0.25, 0.3) is 0 Å². The van der Waals surface area contributed by atoms with E-state index in [2.05, 4.69) is 42.3 Å². The molecule has 4 nitrogen and oxygen atoms in total. The standard InChI is InChI=1S/C7H7Br2ClN4/c8-4-1-3(10)2-5(9)6(4)13-7(11)14-12/h1-2H,12H2,(H3,11,13,14). The molecule has 0 aromatic heterocycles. The minimum Gasteiger partial charge on any atom is -0.369 e. The Bertz CT molecular complexity index is 357. The van der Waals surface area contributed by atoms with Gasteiger partial charge in [-0.1, -0.05) is 11.6 Å². The molecule has 0 bridgehead atoms. The first kappa shape index (κ1) is 11.8. The third kappa shape index (κ3) is 2.84. The molecule has 0 saturated carbocycles. The summed E-state index contributed by atoms with van der Waals surface area (Å²) in [5.74, 6) is 5.21. The van der Waals surface area contributed by atoms with Crippen LogP contribution in [-0.4, -0.2) is 5.96 Å². The van der Waals surface area contributed by atoms with Gasteiger partial charge in [-0.05, 0) is 44.0 Å². The predicted octanol–water partition coefficient (Wildman–Crippen LogP) is 2.27. The number of guanidine groups is 1. The Balaban J connectivity index is 3.21.